The van der Waals surface area contributed by atoms with Gasteiger partial charge in [0.2, 0.25) is 5.91 Å². The molecule has 3 rings (SSSR count). The van der Waals surface area contributed by atoms with Crippen molar-refractivity contribution in [3.63, 3.8) is 0 Å². The highest BCUT2D eigenvalue weighted by atomic mass is 32.2. The van der Waals surface area contributed by atoms with Crippen molar-refractivity contribution < 1.29 is 22.7 Å². The van der Waals surface area contributed by atoms with E-state index in [0.29, 0.717) is 16.8 Å². The van der Waals surface area contributed by atoms with Gasteiger partial charge in [-0.25, -0.2) is 13.2 Å². The van der Waals surface area contributed by atoms with Crippen molar-refractivity contribution in [1.82, 2.24) is 4.72 Å². The minimum atomic E-state index is -3.66. The van der Waals surface area contributed by atoms with Crippen LogP contribution in [0, 0.1) is 0 Å². The maximum atomic E-state index is 12.4. The Morgan fingerprint density at radius 3 is 2.44 bits per heavy atom. The van der Waals surface area contributed by atoms with Gasteiger partial charge in [0.25, 0.3) is 10.0 Å². The van der Waals surface area contributed by atoms with Gasteiger partial charge >= 0.3 is 5.97 Å². The first kappa shape index (κ1) is 18.6. The van der Waals surface area contributed by atoms with Gasteiger partial charge < -0.3 is 10.1 Å². The average molecular weight is 387 g/mol. The van der Waals surface area contributed by atoms with E-state index < -0.39 is 27.9 Å². The number of amides is 1. The maximum absolute atomic E-state index is 12.4. The zero-order chi connectivity index (χ0) is 19.6. The van der Waals surface area contributed by atoms with Gasteiger partial charge in [0.15, 0.2) is 0 Å². The predicted octanol–water partition coefficient (Wildman–Crippen LogP) is 1.54. The summed E-state index contributed by atoms with van der Waals surface area (Å²) in [6.45, 7) is 1.56. The third kappa shape index (κ3) is 3.82. The van der Waals surface area contributed by atoms with Crippen LogP contribution in [0.15, 0.2) is 58.4 Å². The molecule has 8 nitrogen and oxygen atoms in total. The molecule has 0 saturated heterocycles. The third-order valence-corrected chi connectivity index (χ3v) is 5.34. The van der Waals surface area contributed by atoms with Crippen molar-refractivity contribution in [2.24, 2.45) is 4.99 Å². The number of methoxy groups -OCH3 is 1. The van der Waals surface area contributed by atoms with Crippen LogP contribution in [0.2, 0.25) is 0 Å². The van der Waals surface area contributed by atoms with Gasteiger partial charge in [0, 0.05) is 11.3 Å². The first-order chi connectivity index (χ1) is 12.8. The molecule has 1 atom stereocenters. The smallest absolute Gasteiger partial charge is 0.337 e. The second-order valence-electron chi connectivity index (χ2n) is 5.81. The highest BCUT2D eigenvalue weighted by Crippen LogP contribution is 2.22. The lowest BCUT2D eigenvalue weighted by molar-refractivity contribution is -0.117. The number of anilines is 1. The number of aliphatic imine (C=N–C) groups is 1. The molecule has 0 radical (unpaired) electrons. The zero-order valence-electron chi connectivity index (χ0n) is 14.6. The number of fused-ring (bicyclic) bond motifs is 1. The molecular weight excluding hydrogens is 370 g/mol. The van der Waals surface area contributed by atoms with Gasteiger partial charge in [-0.3, -0.25) is 14.5 Å². The molecule has 1 aliphatic heterocycles. The number of hydrogen-bond acceptors (Lipinski definition) is 6. The van der Waals surface area contributed by atoms with Crippen LogP contribution in [0.4, 0.5) is 5.69 Å². The summed E-state index contributed by atoms with van der Waals surface area (Å²) in [5, 5.41) is 2.67. The van der Waals surface area contributed by atoms with Crippen LogP contribution in [-0.4, -0.2) is 39.3 Å². The summed E-state index contributed by atoms with van der Waals surface area (Å²) < 4.78 is 31.2. The quantitative estimate of drug-likeness (QED) is 0.773. The molecule has 0 fully saturated rings. The molecular formula is C18H17N3O5S. The van der Waals surface area contributed by atoms with Crippen molar-refractivity contribution in [3.05, 3.63) is 59.7 Å². The Labute approximate surface area is 156 Å². The van der Waals surface area contributed by atoms with Crippen LogP contribution in [0.1, 0.15) is 22.8 Å². The number of nitrogens with zero attached hydrogens (tertiary/aromatic N) is 1. The van der Waals surface area contributed by atoms with Gasteiger partial charge in [-0.1, -0.05) is 12.1 Å². The van der Waals surface area contributed by atoms with E-state index in [9.17, 15) is 18.0 Å². The van der Waals surface area contributed by atoms with Crippen LogP contribution in [0.3, 0.4) is 0 Å². The molecule has 0 saturated carbocycles. The van der Waals surface area contributed by atoms with E-state index in [1.54, 1.807) is 37.3 Å². The number of carbonyl (C=O) groups excluding carboxylic acids is 2. The number of nitrogens with one attached hydrogen (secondary N) is 2. The third-order valence-electron chi connectivity index (χ3n) is 3.94. The standard InChI is InChI=1S/C18H17N3O5S/c1-11(17(22)20-13-9-7-12(8-10-13)18(23)26-2)19-16-14-5-3-4-6-15(14)27(24,25)21-16/h3-11H,1-2H3,(H,19,21)(H,20,22)/t11-/m0/s1. The monoisotopic (exact) mass is 387 g/mol. The molecule has 0 spiro atoms. The van der Waals surface area contributed by atoms with E-state index in [0.717, 1.165) is 0 Å². The molecule has 0 aliphatic carbocycles. The Bertz CT molecular complexity index is 1030. The van der Waals surface area contributed by atoms with Crippen LogP contribution < -0.4 is 10.0 Å². The summed E-state index contributed by atoms with van der Waals surface area (Å²) in [5.74, 6) is -0.758. The normalized spacial score (nSPS) is 16.9. The minimum Gasteiger partial charge on any atom is -0.465 e. The molecule has 1 aliphatic rings. The highest BCUT2D eigenvalue weighted by molar-refractivity contribution is 7.90. The molecule has 140 valence electrons. The molecule has 0 bridgehead atoms. The summed E-state index contributed by atoms with van der Waals surface area (Å²) in [6.07, 6.45) is 0. The Morgan fingerprint density at radius 2 is 1.78 bits per heavy atom. The van der Waals surface area contributed by atoms with Crippen molar-refractivity contribution in [1.29, 1.82) is 0 Å². The Kier molecular flexibility index (Phi) is 4.95. The number of carbonyl (C=O) groups is 2. The second kappa shape index (κ2) is 7.20. The van der Waals surface area contributed by atoms with E-state index in [1.807, 2.05) is 0 Å². The Balaban J connectivity index is 1.75. The number of ether oxygens (including phenoxy) is 1. The van der Waals surface area contributed by atoms with Gasteiger partial charge in [-0.15, -0.1) is 0 Å². The second-order valence-corrected chi connectivity index (χ2v) is 7.46. The van der Waals surface area contributed by atoms with E-state index in [1.165, 1.54) is 25.3 Å². The van der Waals surface area contributed by atoms with E-state index in [-0.39, 0.29) is 10.7 Å². The van der Waals surface area contributed by atoms with Crippen molar-refractivity contribution in [3.8, 4) is 0 Å². The highest BCUT2D eigenvalue weighted by Gasteiger charge is 2.31. The molecule has 2 aromatic carbocycles. The minimum absolute atomic E-state index is 0.134. The first-order valence-electron chi connectivity index (χ1n) is 8.01. The van der Waals surface area contributed by atoms with E-state index >= 15 is 0 Å². The molecule has 2 N–H and O–H groups in total. The molecule has 0 aromatic heterocycles. The molecule has 2 aromatic rings. The fraction of sp³-hybridized carbons (Fsp3) is 0.167. The summed E-state index contributed by atoms with van der Waals surface area (Å²) in [7, 11) is -2.37. The lowest BCUT2D eigenvalue weighted by atomic mass is 10.2. The average Bonchev–Trinajstić information content (AvgIpc) is 2.92. The summed E-state index contributed by atoms with van der Waals surface area (Å²) in [6, 6.07) is 11.8. The first-order valence-corrected chi connectivity index (χ1v) is 9.49. The number of hydrogen-bond donors (Lipinski definition) is 2. The number of amidine groups is 1. The van der Waals surface area contributed by atoms with Crippen molar-refractivity contribution in [2.45, 2.75) is 17.9 Å². The Hall–Kier alpha value is -3.20. The summed E-state index contributed by atoms with van der Waals surface area (Å²) in [4.78, 5) is 28.1. The Morgan fingerprint density at radius 1 is 1.11 bits per heavy atom. The van der Waals surface area contributed by atoms with Crippen molar-refractivity contribution >= 4 is 33.4 Å². The van der Waals surface area contributed by atoms with E-state index in [4.69, 9.17) is 0 Å². The van der Waals surface area contributed by atoms with Gasteiger partial charge in [0.05, 0.1) is 17.6 Å². The number of sulfonamides is 1. The molecule has 9 heteroatoms. The van der Waals surface area contributed by atoms with Gasteiger partial charge in [0.1, 0.15) is 11.9 Å². The van der Waals surface area contributed by atoms with Crippen LogP contribution in [-0.2, 0) is 19.6 Å². The van der Waals surface area contributed by atoms with E-state index in [2.05, 4.69) is 19.8 Å². The molecule has 1 amide bonds. The zero-order valence-corrected chi connectivity index (χ0v) is 15.4. The van der Waals surface area contributed by atoms with Crippen LogP contribution in [0.5, 0.6) is 0 Å². The predicted molar refractivity (Wildman–Crippen MR) is 99.2 cm³/mol. The van der Waals surface area contributed by atoms with Crippen molar-refractivity contribution in [2.75, 3.05) is 12.4 Å². The summed E-state index contributed by atoms with van der Waals surface area (Å²) >= 11 is 0. The fourth-order valence-electron chi connectivity index (χ4n) is 2.54. The van der Waals surface area contributed by atoms with Gasteiger partial charge in [-0.2, -0.15) is 0 Å². The SMILES string of the molecule is COC(=O)c1ccc(NC(=O)[C@H](C)N=C2NS(=O)(=O)c3ccccc32)cc1. The largest absolute Gasteiger partial charge is 0.465 e. The molecule has 1 heterocycles. The summed E-state index contributed by atoms with van der Waals surface area (Å²) in [5.41, 5.74) is 1.27. The van der Waals surface area contributed by atoms with Crippen LogP contribution in [0.25, 0.3) is 0 Å². The maximum Gasteiger partial charge on any atom is 0.337 e. The lowest BCUT2D eigenvalue weighted by Gasteiger charge is -2.10. The number of rotatable bonds is 4. The number of esters is 1. The lowest BCUT2D eigenvalue weighted by Crippen LogP contribution is -2.28. The molecule has 0 unspecified atom stereocenters. The number of benzene rings is 2. The topological polar surface area (TPSA) is 114 Å². The van der Waals surface area contributed by atoms with Gasteiger partial charge in [-0.05, 0) is 43.3 Å². The molecule has 27 heavy (non-hydrogen) atoms. The van der Waals surface area contributed by atoms with Crippen LogP contribution >= 0.6 is 0 Å². The fourth-order valence-corrected chi connectivity index (χ4v) is 3.78.